The van der Waals surface area contributed by atoms with E-state index in [-0.39, 0.29) is 30.6 Å². The number of nitrogens with zero attached hydrogens (tertiary/aromatic N) is 3. The number of carbonyl (C=O) groups is 1. The predicted octanol–water partition coefficient (Wildman–Crippen LogP) is 5.51. The second-order valence-electron chi connectivity index (χ2n) is 7.91. The molecule has 0 radical (unpaired) electrons. The second kappa shape index (κ2) is 11.2. The number of esters is 1. The highest BCUT2D eigenvalue weighted by Crippen LogP contribution is 2.33. The van der Waals surface area contributed by atoms with E-state index in [0.717, 1.165) is 11.3 Å². The van der Waals surface area contributed by atoms with Crippen LogP contribution in [-0.2, 0) is 11.3 Å². The Morgan fingerprint density at radius 3 is 2.35 bits per heavy atom. The van der Waals surface area contributed by atoms with Crippen LogP contribution in [0.1, 0.15) is 22.0 Å². The van der Waals surface area contributed by atoms with E-state index in [0.29, 0.717) is 29.4 Å². The van der Waals surface area contributed by atoms with E-state index in [9.17, 15) is 4.79 Å². The first-order chi connectivity index (χ1) is 18.2. The van der Waals surface area contributed by atoms with Crippen molar-refractivity contribution in [2.75, 3.05) is 13.2 Å². The van der Waals surface area contributed by atoms with Gasteiger partial charge < -0.3 is 23.2 Å². The topological polar surface area (TPSA) is 110 Å². The van der Waals surface area contributed by atoms with Gasteiger partial charge in [-0.1, -0.05) is 65.8 Å². The van der Waals surface area contributed by atoms with E-state index in [2.05, 4.69) is 15.4 Å². The van der Waals surface area contributed by atoms with Crippen molar-refractivity contribution in [3.63, 3.8) is 0 Å². The third-order valence-corrected chi connectivity index (χ3v) is 5.38. The molecule has 0 N–H and O–H groups in total. The van der Waals surface area contributed by atoms with Crippen molar-refractivity contribution in [1.29, 1.82) is 0 Å². The van der Waals surface area contributed by atoms with Gasteiger partial charge in [0.2, 0.25) is 0 Å². The van der Waals surface area contributed by atoms with Crippen LogP contribution in [0, 0.1) is 6.92 Å². The Kier molecular flexibility index (Phi) is 7.21. The van der Waals surface area contributed by atoms with E-state index >= 15 is 0 Å². The molecule has 0 bridgehead atoms. The van der Waals surface area contributed by atoms with Crippen molar-refractivity contribution in [1.82, 2.24) is 15.4 Å². The molecule has 186 valence electrons. The van der Waals surface area contributed by atoms with Gasteiger partial charge in [0.05, 0.1) is 0 Å². The van der Waals surface area contributed by atoms with Gasteiger partial charge >= 0.3 is 5.97 Å². The summed E-state index contributed by atoms with van der Waals surface area (Å²) in [7, 11) is 0. The van der Waals surface area contributed by atoms with Gasteiger partial charge in [0.15, 0.2) is 6.61 Å². The normalized spacial score (nSPS) is 10.7. The minimum atomic E-state index is -0.578. The third kappa shape index (κ3) is 5.67. The molecular weight excluding hydrogens is 474 g/mol. The van der Waals surface area contributed by atoms with Gasteiger partial charge in [-0.2, -0.15) is 0 Å². The fourth-order valence-electron chi connectivity index (χ4n) is 3.62. The Morgan fingerprint density at radius 1 is 0.838 bits per heavy atom. The Balaban J connectivity index is 1.21. The van der Waals surface area contributed by atoms with Gasteiger partial charge in [-0.05, 0) is 31.2 Å². The third-order valence-electron chi connectivity index (χ3n) is 5.38. The summed E-state index contributed by atoms with van der Waals surface area (Å²) in [5, 5.41) is 12.2. The molecular formula is C28H23N3O6. The number of hydrogen-bond acceptors (Lipinski definition) is 9. The summed E-state index contributed by atoms with van der Waals surface area (Å²) in [6.45, 7) is 2.14. The zero-order chi connectivity index (χ0) is 25.5. The van der Waals surface area contributed by atoms with Crippen LogP contribution in [0.15, 0.2) is 93.9 Å². The molecule has 2 aromatic heterocycles. The largest absolute Gasteiger partial charge is 0.490 e. The van der Waals surface area contributed by atoms with Crippen LogP contribution in [0.4, 0.5) is 0 Å². The number of rotatable bonds is 10. The molecule has 5 rings (SSSR count). The maximum absolute atomic E-state index is 12.8. The lowest BCUT2D eigenvalue weighted by Crippen LogP contribution is -2.12. The molecule has 0 aliphatic heterocycles. The van der Waals surface area contributed by atoms with Crippen LogP contribution in [0.3, 0.4) is 0 Å². The Bertz CT molecular complexity index is 1460. The molecule has 5 aromatic rings. The van der Waals surface area contributed by atoms with Gasteiger partial charge in [0.1, 0.15) is 47.3 Å². The number of ether oxygens (including phenoxy) is 3. The summed E-state index contributed by atoms with van der Waals surface area (Å²) in [6, 6.07) is 25.8. The monoisotopic (exact) mass is 497 g/mol. The van der Waals surface area contributed by atoms with Crippen molar-refractivity contribution in [2.24, 2.45) is 0 Å². The lowest BCUT2D eigenvalue weighted by molar-refractivity contribution is 0.0433. The molecule has 0 saturated carbocycles. The Hall–Kier alpha value is -4.92. The average molecular weight is 498 g/mol. The van der Waals surface area contributed by atoms with Crippen LogP contribution in [0.25, 0.3) is 22.7 Å². The zero-order valence-corrected chi connectivity index (χ0v) is 20.0. The number of para-hydroxylation sites is 2. The Morgan fingerprint density at radius 2 is 1.54 bits per heavy atom. The maximum Gasteiger partial charge on any atom is 0.342 e. The van der Waals surface area contributed by atoms with E-state index < -0.39 is 5.97 Å². The molecule has 0 fully saturated rings. The Labute approximate surface area is 212 Å². The highest BCUT2D eigenvalue weighted by Gasteiger charge is 2.22. The number of aromatic nitrogens is 3. The summed E-state index contributed by atoms with van der Waals surface area (Å²) < 4.78 is 27.9. The quantitative estimate of drug-likeness (QED) is 0.182. The molecule has 0 saturated heterocycles. The summed E-state index contributed by atoms with van der Waals surface area (Å²) in [6.07, 6.45) is 0. The van der Waals surface area contributed by atoms with Crippen molar-refractivity contribution in [3.05, 3.63) is 102 Å². The summed E-state index contributed by atoms with van der Waals surface area (Å²) >= 11 is 0. The van der Waals surface area contributed by atoms with Crippen LogP contribution in [0.5, 0.6) is 11.5 Å². The van der Waals surface area contributed by atoms with Crippen molar-refractivity contribution >= 4 is 5.97 Å². The van der Waals surface area contributed by atoms with E-state index in [4.69, 9.17) is 23.2 Å². The molecule has 0 aliphatic carbocycles. The average Bonchev–Trinajstić information content (AvgIpc) is 3.57. The van der Waals surface area contributed by atoms with E-state index in [1.165, 1.54) is 0 Å². The summed E-state index contributed by atoms with van der Waals surface area (Å²) in [5.74, 6) is 1.46. The fourth-order valence-corrected chi connectivity index (χ4v) is 3.62. The number of carbonyl (C=O) groups excluding carboxylic acids is 1. The highest BCUT2D eigenvalue weighted by molar-refractivity contribution is 5.92. The molecule has 0 amide bonds. The van der Waals surface area contributed by atoms with Gasteiger partial charge in [0, 0.05) is 5.56 Å². The first kappa shape index (κ1) is 23.8. The molecule has 3 aromatic carbocycles. The number of aryl methyl sites for hydroxylation is 1. The van der Waals surface area contributed by atoms with Crippen LogP contribution >= 0.6 is 0 Å². The highest BCUT2D eigenvalue weighted by atomic mass is 16.5. The number of benzene rings is 3. The molecule has 0 spiro atoms. The molecule has 37 heavy (non-hydrogen) atoms. The smallest absolute Gasteiger partial charge is 0.342 e. The molecule has 0 unspecified atom stereocenters. The van der Waals surface area contributed by atoms with Gasteiger partial charge in [-0.15, -0.1) is 10.2 Å². The predicted molar refractivity (Wildman–Crippen MR) is 133 cm³/mol. The van der Waals surface area contributed by atoms with Crippen molar-refractivity contribution in [2.45, 2.75) is 13.5 Å². The maximum atomic E-state index is 12.8. The first-order valence-corrected chi connectivity index (χ1v) is 11.6. The first-order valence-electron chi connectivity index (χ1n) is 11.6. The number of hydrogen-bond donors (Lipinski definition) is 0. The molecule has 9 nitrogen and oxygen atoms in total. The minimum absolute atomic E-state index is 0.137. The van der Waals surface area contributed by atoms with Crippen LogP contribution in [0.2, 0.25) is 0 Å². The molecule has 2 heterocycles. The molecule has 0 atom stereocenters. The zero-order valence-electron chi connectivity index (χ0n) is 20.0. The van der Waals surface area contributed by atoms with Crippen LogP contribution in [-0.4, -0.2) is 34.5 Å². The SMILES string of the molecule is Cc1onc(-c2ccccc2)c1-c1nnc(COC(=O)c2ccccc2OCCOc2ccccc2)o1. The standard InChI is InChI=1S/C28H23N3O6/c1-19-25(26(31-37-19)20-10-4-2-5-11-20)27-30-29-24(36-27)18-35-28(32)22-14-8-9-15-23(22)34-17-16-33-21-12-6-3-7-13-21/h2-15H,16-18H2,1H3. The van der Waals surface area contributed by atoms with E-state index in [1.807, 2.05) is 60.7 Å². The second-order valence-corrected chi connectivity index (χ2v) is 7.91. The van der Waals surface area contributed by atoms with Crippen molar-refractivity contribution < 1.29 is 27.9 Å². The molecule has 0 aliphatic rings. The summed E-state index contributed by atoms with van der Waals surface area (Å²) in [4.78, 5) is 12.8. The lowest BCUT2D eigenvalue weighted by Gasteiger charge is -2.11. The van der Waals surface area contributed by atoms with Gasteiger partial charge in [-0.3, -0.25) is 0 Å². The summed E-state index contributed by atoms with van der Waals surface area (Å²) in [5.41, 5.74) is 2.31. The van der Waals surface area contributed by atoms with Crippen molar-refractivity contribution in [3.8, 4) is 34.2 Å². The van der Waals surface area contributed by atoms with Gasteiger partial charge in [0.25, 0.3) is 11.8 Å². The van der Waals surface area contributed by atoms with Gasteiger partial charge in [-0.25, -0.2) is 4.79 Å². The fraction of sp³-hybridized carbons (Fsp3) is 0.143. The minimum Gasteiger partial charge on any atom is -0.490 e. The molecule has 9 heteroatoms. The lowest BCUT2D eigenvalue weighted by atomic mass is 10.1. The van der Waals surface area contributed by atoms with Crippen LogP contribution < -0.4 is 9.47 Å². The van der Waals surface area contributed by atoms with E-state index in [1.54, 1.807) is 31.2 Å².